The average Bonchev–Trinajstić information content (AvgIpc) is 3.41. The number of nitrogens with one attached hydrogen (secondary N) is 2. The Morgan fingerprint density at radius 1 is 1.04 bits per heavy atom. The van der Waals surface area contributed by atoms with Crippen LogP contribution in [0.2, 0.25) is 0 Å². The van der Waals surface area contributed by atoms with Gasteiger partial charge in [0, 0.05) is 22.9 Å². The van der Waals surface area contributed by atoms with Gasteiger partial charge in [0.05, 0.1) is 0 Å². The summed E-state index contributed by atoms with van der Waals surface area (Å²) in [4.78, 5) is 25.1. The van der Waals surface area contributed by atoms with Crippen molar-refractivity contribution in [3.05, 3.63) is 71.5 Å². The molecular formula is C21H19N3O3. The number of carbonyl (C=O) groups excluding carboxylic acids is 2. The topological polar surface area (TPSA) is 84.2 Å². The zero-order valence-electron chi connectivity index (χ0n) is 14.9. The minimum Gasteiger partial charge on any atom is -0.360 e. The number of benzene rings is 2. The molecule has 0 atom stereocenters. The number of amides is 2. The normalized spacial score (nSPS) is 13.2. The van der Waals surface area contributed by atoms with E-state index in [1.54, 1.807) is 31.2 Å². The van der Waals surface area contributed by atoms with Gasteiger partial charge in [-0.25, -0.2) is 0 Å². The zero-order valence-corrected chi connectivity index (χ0v) is 14.9. The minimum absolute atomic E-state index is 0.125. The number of hydrogen-bond acceptors (Lipinski definition) is 4. The Morgan fingerprint density at radius 2 is 1.81 bits per heavy atom. The molecule has 6 nitrogen and oxygen atoms in total. The third-order valence-corrected chi connectivity index (χ3v) is 4.43. The van der Waals surface area contributed by atoms with Crippen molar-refractivity contribution in [2.75, 3.05) is 5.32 Å². The Bertz CT molecular complexity index is 991. The Balaban J connectivity index is 1.56. The number of rotatable bonds is 5. The van der Waals surface area contributed by atoms with Crippen LogP contribution < -0.4 is 10.6 Å². The maximum Gasteiger partial charge on any atom is 0.261 e. The molecule has 0 aliphatic heterocycles. The molecule has 3 aromatic rings. The van der Waals surface area contributed by atoms with Gasteiger partial charge in [-0.2, -0.15) is 0 Å². The zero-order chi connectivity index (χ0) is 18.8. The number of nitrogens with zero attached hydrogens (tertiary/aromatic N) is 1. The van der Waals surface area contributed by atoms with Crippen molar-refractivity contribution in [1.82, 2.24) is 10.5 Å². The van der Waals surface area contributed by atoms with E-state index >= 15 is 0 Å². The number of aromatic nitrogens is 1. The fourth-order valence-electron chi connectivity index (χ4n) is 2.86. The van der Waals surface area contributed by atoms with Gasteiger partial charge in [-0.1, -0.05) is 41.6 Å². The quantitative estimate of drug-likeness (QED) is 0.724. The molecule has 0 radical (unpaired) electrons. The smallest absolute Gasteiger partial charge is 0.261 e. The Labute approximate surface area is 156 Å². The summed E-state index contributed by atoms with van der Waals surface area (Å²) in [5, 5.41) is 9.82. The van der Waals surface area contributed by atoms with Gasteiger partial charge in [-0.3, -0.25) is 9.59 Å². The van der Waals surface area contributed by atoms with Gasteiger partial charge in [-0.05, 0) is 38.0 Å². The number of hydrogen-bond donors (Lipinski definition) is 2. The molecule has 0 saturated heterocycles. The molecule has 4 rings (SSSR count). The molecule has 1 aliphatic carbocycles. The van der Waals surface area contributed by atoms with Crippen molar-refractivity contribution < 1.29 is 14.1 Å². The van der Waals surface area contributed by atoms with Gasteiger partial charge >= 0.3 is 0 Å². The molecule has 1 aromatic heterocycles. The fraction of sp³-hybridized carbons (Fsp3) is 0.190. The lowest BCUT2D eigenvalue weighted by molar-refractivity contribution is 0.0949. The van der Waals surface area contributed by atoms with Crippen LogP contribution >= 0.6 is 0 Å². The van der Waals surface area contributed by atoms with Crippen LogP contribution in [-0.2, 0) is 0 Å². The Morgan fingerprint density at radius 3 is 2.56 bits per heavy atom. The van der Waals surface area contributed by atoms with Crippen LogP contribution in [0.25, 0.3) is 11.3 Å². The lowest BCUT2D eigenvalue weighted by atomic mass is 10.1. The number of aryl methyl sites for hydroxylation is 1. The number of anilines is 1. The SMILES string of the molecule is Cc1onc(-c2ccccc2)c1C(=O)Nc1cccc(C(=O)NC2CC2)c1. The first-order valence-electron chi connectivity index (χ1n) is 8.86. The van der Waals surface area contributed by atoms with Gasteiger partial charge in [0.25, 0.3) is 11.8 Å². The maximum atomic E-state index is 12.8. The van der Waals surface area contributed by atoms with Gasteiger partial charge < -0.3 is 15.2 Å². The molecule has 0 unspecified atom stereocenters. The Hall–Kier alpha value is -3.41. The van der Waals surface area contributed by atoms with E-state index in [1.807, 2.05) is 30.3 Å². The van der Waals surface area contributed by atoms with Crippen LogP contribution in [-0.4, -0.2) is 23.0 Å². The van der Waals surface area contributed by atoms with Crippen molar-refractivity contribution in [1.29, 1.82) is 0 Å². The monoisotopic (exact) mass is 361 g/mol. The van der Waals surface area contributed by atoms with E-state index < -0.39 is 0 Å². The first-order valence-corrected chi connectivity index (χ1v) is 8.86. The van der Waals surface area contributed by atoms with E-state index in [4.69, 9.17) is 4.52 Å². The van der Waals surface area contributed by atoms with Gasteiger partial charge in [-0.15, -0.1) is 0 Å². The predicted octanol–water partition coefficient (Wildman–Crippen LogP) is 3.79. The lowest BCUT2D eigenvalue weighted by Gasteiger charge is -2.08. The van der Waals surface area contributed by atoms with Crippen LogP contribution in [0.5, 0.6) is 0 Å². The second-order valence-corrected chi connectivity index (χ2v) is 6.61. The standard InChI is InChI=1S/C21H19N3O3/c1-13-18(19(24-27-13)14-6-3-2-4-7-14)21(26)23-17-9-5-8-15(12-17)20(25)22-16-10-11-16/h2-9,12,16H,10-11H2,1H3,(H,22,25)(H,23,26). The summed E-state index contributed by atoms with van der Waals surface area (Å²) < 4.78 is 5.25. The van der Waals surface area contributed by atoms with Crippen molar-refractivity contribution in [3.63, 3.8) is 0 Å². The summed E-state index contributed by atoms with van der Waals surface area (Å²) in [5.74, 6) is -0.0129. The fourth-order valence-corrected chi connectivity index (χ4v) is 2.86. The molecule has 27 heavy (non-hydrogen) atoms. The summed E-state index contributed by atoms with van der Waals surface area (Å²) in [6, 6.07) is 16.6. The third-order valence-electron chi connectivity index (χ3n) is 4.43. The molecule has 2 aromatic carbocycles. The van der Waals surface area contributed by atoms with E-state index in [0.717, 1.165) is 18.4 Å². The predicted molar refractivity (Wildman–Crippen MR) is 102 cm³/mol. The summed E-state index contributed by atoms with van der Waals surface area (Å²) in [6.45, 7) is 1.70. The highest BCUT2D eigenvalue weighted by Crippen LogP contribution is 2.26. The summed E-state index contributed by atoms with van der Waals surface area (Å²) in [6.07, 6.45) is 2.05. The summed E-state index contributed by atoms with van der Waals surface area (Å²) in [5.41, 5.74) is 2.74. The van der Waals surface area contributed by atoms with E-state index in [0.29, 0.717) is 28.3 Å². The summed E-state index contributed by atoms with van der Waals surface area (Å²) >= 11 is 0. The van der Waals surface area contributed by atoms with Crippen molar-refractivity contribution in [2.45, 2.75) is 25.8 Å². The second-order valence-electron chi connectivity index (χ2n) is 6.61. The molecule has 2 N–H and O–H groups in total. The molecule has 136 valence electrons. The molecule has 0 bridgehead atoms. The van der Waals surface area contributed by atoms with E-state index in [1.165, 1.54) is 0 Å². The Kier molecular flexibility index (Phi) is 4.46. The van der Waals surface area contributed by atoms with Crippen LogP contribution in [0, 0.1) is 6.92 Å². The van der Waals surface area contributed by atoms with Gasteiger partial charge in [0.2, 0.25) is 0 Å². The van der Waals surface area contributed by atoms with Gasteiger partial charge in [0.15, 0.2) is 0 Å². The molecule has 1 saturated carbocycles. The van der Waals surface area contributed by atoms with Crippen molar-refractivity contribution in [3.8, 4) is 11.3 Å². The van der Waals surface area contributed by atoms with Crippen molar-refractivity contribution in [2.24, 2.45) is 0 Å². The van der Waals surface area contributed by atoms with E-state index in [2.05, 4.69) is 15.8 Å². The van der Waals surface area contributed by atoms with Crippen molar-refractivity contribution >= 4 is 17.5 Å². The van der Waals surface area contributed by atoms with Crippen LogP contribution in [0.1, 0.15) is 39.3 Å². The molecule has 1 heterocycles. The molecule has 1 aliphatic rings. The average molecular weight is 361 g/mol. The second kappa shape index (κ2) is 7.07. The number of carbonyl (C=O) groups is 2. The maximum absolute atomic E-state index is 12.8. The van der Waals surface area contributed by atoms with Crippen LogP contribution in [0.15, 0.2) is 59.1 Å². The highest BCUT2D eigenvalue weighted by molar-refractivity contribution is 6.09. The lowest BCUT2D eigenvalue weighted by Crippen LogP contribution is -2.25. The molecule has 0 spiro atoms. The van der Waals surface area contributed by atoms with Crippen LogP contribution in [0.4, 0.5) is 5.69 Å². The molecule has 1 fully saturated rings. The van der Waals surface area contributed by atoms with Crippen LogP contribution in [0.3, 0.4) is 0 Å². The third kappa shape index (κ3) is 3.74. The highest BCUT2D eigenvalue weighted by atomic mass is 16.5. The molecule has 2 amide bonds. The molecule has 6 heteroatoms. The summed E-state index contributed by atoms with van der Waals surface area (Å²) in [7, 11) is 0. The minimum atomic E-state index is -0.327. The first-order chi connectivity index (χ1) is 13.1. The molecular weight excluding hydrogens is 342 g/mol. The first kappa shape index (κ1) is 17.0. The van der Waals surface area contributed by atoms with E-state index in [-0.39, 0.29) is 17.9 Å². The van der Waals surface area contributed by atoms with Gasteiger partial charge in [0.1, 0.15) is 17.0 Å². The van der Waals surface area contributed by atoms with E-state index in [9.17, 15) is 9.59 Å². The largest absolute Gasteiger partial charge is 0.360 e. The highest BCUT2D eigenvalue weighted by Gasteiger charge is 2.24.